The summed E-state index contributed by atoms with van der Waals surface area (Å²) in [7, 11) is -3.58. The van der Waals surface area contributed by atoms with Crippen LogP contribution in [0.2, 0.25) is 0 Å². The Morgan fingerprint density at radius 3 is 2.61 bits per heavy atom. The molecule has 3 rings (SSSR count). The number of sulfonamides is 1. The van der Waals surface area contributed by atoms with E-state index in [1.54, 1.807) is 30.3 Å². The molecule has 1 N–H and O–H groups in total. The number of hydrogen-bond acceptors (Lipinski definition) is 4. The Morgan fingerprint density at radius 1 is 1.14 bits per heavy atom. The molecule has 0 saturated carbocycles. The van der Waals surface area contributed by atoms with E-state index in [0.29, 0.717) is 32.5 Å². The van der Waals surface area contributed by atoms with Crippen LogP contribution in [-0.2, 0) is 21.4 Å². The first-order chi connectivity index (χ1) is 13.5. The third-order valence-corrected chi connectivity index (χ3v) is 6.74. The van der Waals surface area contributed by atoms with E-state index < -0.39 is 10.0 Å². The van der Waals surface area contributed by atoms with Gasteiger partial charge in [0.25, 0.3) is 0 Å². The molecule has 1 amide bonds. The van der Waals surface area contributed by atoms with Gasteiger partial charge in [0.1, 0.15) is 5.75 Å². The molecule has 0 aliphatic carbocycles. The van der Waals surface area contributed by atoms with Gasteiger partial charge in [-0.2, -0.15) is 4.31 Å². The van der Waals surface area contributed by atoms with Gasteiger partial charge in [-0.1, -0.05) is 36.4 Å². The molecule has 1 saturated heterocycles. The van der Waals surface area contributed by atoms with E-state index in [9.17, 15) is 13.2 Å². The maximum atomic E-state index is 12.8. The Kier molecular flexibility index (Phi) is 6.70. The van der Waals surface area contributed by atoms with Gasteiger partial charge in [-0.05, 0) is 38.0 Å². The summed E-state index contributed by atoms with van der Waals surface area (Å²) in [6.07, 6.45) is 1.35. The molecule has 2 aromatic carbocycles. The molecular weight excluding hydrogens is 376 g/mol. The highest BCUT2D eigenvalue weighted by Crippen LogP contribution is 2.24. The molecule has 2 aromatic rings. The molecule has 1 aliphatic heterocycles. The number of para-hydroxylation sites is 1. The molecule has 1 unspecified atom stereocenters. The summed E-state index contributed by atoms with van der Waals surface area (Å²) in [5.74, 6) is 0.271. The fraction of sp³-hybridized carbons (Fsp3) is 0.381. The number of rotatable bonds is 7. The summed E-state index contributed by atoms with van der Waals surface area (Å²) in [6, 6.07) is 16.0. The van der Waals surface area contributed by atoms with Crippen molar-refractivity contribution in [2.24, 2.45) is 5.92 Å². The van der Waals surface area contributed by atoms with Gasteiger partial charge in [0, 0.05) is 25.2 Å². The van der Waals surface area contributed by atoms with Crippen LogP contribution in [0.15, 0.2) is 59.5 Å². The van der Waals surface area contributed by atoms with Crippen LogP contribution in [0.4, 0.5) is 0 Å². The predicted molar refractivity (Wildman–Crippen MR) is 107 cm³/mol. The number of carbonyl (C=O) groups is 1. The van der Waals surface area contributed by atoms with Crippen molar-refractivity contribution in [2.75, 3.05) is 19.7 Å². The van der Waals surface area contributed by atoms with Crippen molar-refractivity contribution in [3.8, 4) is 5.75 Å². The number of nitrogens with zero attached hydrogens (tertiary/aromatic N) is 1. The van der Waals surface area contributed by atoms with Gasteiger partial charge in [-0.3, -0.25) is 4.79 Å². The molecule has 150 valence electrons. The maximum Gasteiger partial charge on any atom is 0.243 e. The van der Waals surface area contributed by atoms with Gasteiger partial charge in [0.2, 0.25) is 15.9 Å². The van der Waals surface area contributed by atoms with Crippen LogP contribution in [0.25, 0.3) is 0 Å². The maximum absolute atomic E-state index is 12.8. The average Bonchev–Trinajstić information content (AvgIpc) is 2.74. The number of carbonyl (C=O) groups excluding carboxylic acids is 1. The number of benzene rings is 2. The van der Waals surface area contributed by atoms with Crippen molar-refractivity contribution < 1.29 is 17.9 Å². The Balaban J connectivity index is 1.64. The largest absolute Gasteiger partial charge is 0.494 e. The highest BCUT2D eigenvalue weighted by Gasteiger charge is 2.33. The third-order valence-electron chi connectivity index (χ3n) is 4.86. The van der Waals surface area contributed by atoms with E-state index in [-0.39, 0.29) is 23.3 Å². The smallest absolute Gasteiger partial charge is 0.243 e. The first-order valence-electron chi connectivity index (χ1n) is 9.56. The van der Waals surface area contributed by atoms with Crippen LogP contribution in [0.5, 0.6) is 5.75 Å². The van der Waals surface area contributed by atoms with Crippen LogP contribution >= 0.6 is 0 Å². The molecule has 28 heavy (non-hydrogen) atoms. The van der Waals surface area contributed by atoms with E-state index in [0.717, 1.165) is 11.3 Å². The quantitative estimate of drug-likeness (QED) is 0.773. The minimum atomic E-state index is -3.58. The first kappa shape index (κ1) is 20.4. The summed E-state index contributed by atoms with van der Waals surface area (Å²) in [5, 5.41) is 2.94. The Bertz CT molecular complexity index is 900. The summed E-state index contributed by atoms with van der Waals surface area (Å²) in [5.41, 5.74) is 0.905. The molecule has 7 heteroatoms. The number of amides is 1. The Hall–Kier alpha value is -2.38. The molecule has 0 radical (unpaired) electrons. The molecule has 0 bridgehead atoms. The first-order valence-corrected chi connectivity index (χ1v) is 11.0. The molecule has 1 atom stereocenters. The minimum absolute atomic E-state index is 0.126. The van der Waals surface area contributed by atoms with Crippen molar-refractivity contribution >= 4 is 15.9 Å². The van der Waals surface area contributed by atoms with E-state index in [4.69, 9.17) is 4.74 Å². The lowest BCUT2D eigenvalue weighted by Gasteiger charge is -2.31. The normalized spacial score (nSPS) is 17.8. The standard InChI is InChI=1S/C21H26N2O4S/c1-2-27-20-13-7-6-9-17(20)15-22-21(24)18-10-8-14-23(16-18)28(25,26)19-11-4-3-5-12-19/h3-7,9,11-13,18H,2,8,10,14-16H2,1H3,(H,22,24). The second-order valence-electron chi connectivity index (χ2n) is 6.77. The van der Waals surface area contributed by atoms with Crippen molar-refractivity contribution in [3.05, 3.63) is 60.2 Å². The van der Waals surface area contributed by atoms with Crippen LogP contribution in [-0.4, -0.2) is 38.3 Å². The van der Waals surface area contributed by atoms with E-state index in [1.807, 2.05) is 31.2 Å². The molecule has 1 aliphatic rings. The fourth-order valence-electron chi connectivity index (χ4n) is 3.39. The zero-order chi connectivity index (χ0) is 20.0. The lowest BCUT2D eigenvalue weighted by molar-refractivity contribution is -0.126. The second-order valence-corrected chi connectivity index (χ2v) is 8.71. The van der Waals surface area contributed by atoms with E-state index >= 15 is 0 Å². The lowest BCUT2D eigenvalue weighted by atomic mass is 9.98. The lowest BCUT2D eigenvalue weighted by Crippen LogP contribution is -2.45. The monoisotopic (exact) mass is 402 g/mol. The summed E-state index contributed by atoms with van der Waals surface area (Å²) in [4.78, 5) is 12.9. The van der Waals surface area contributed by atoms with E-state index in [2.05, 4.69) is 5.32 Å². The average molecular weight is 403 g/mol. The van der Waals surface area contributed by atoms with Gasteiger partial charge < -0.3 is 10.1 Å². The van der Waals surface area contributed by atoms with Crippen molar-refractivity contribution in [3.63, 3.8) is 0 Å². The molecule has 6 nitrogen and oxygen atoms in total. The fourth-order valence-corrected chi connectivity index (χ4v) is 4.93. The van der Waals surface area contributed by atoms with Gasteiger partial charge in [-0.15, -0.1) is 0 Å². The molecule has 0 spiro atoms. The topological polar surface area (TPSA) is 75.7 Å². The summed E-state index contributed by atoms with van der Waals surface area (Å²) in [6.45, 7) is 3.47. The second kappa shape index (κ2) is 9.21. The van der Waals surface area contributed by atoms with Gasteiger partial charge >= 0.3 is 0 Å². The number of nitrogens with one attached hydrogen (secondary N) is 1. The molecule has 0 aromatic heterocycles. The van der Waals surface area contributed by atoms with Gasteiger partial charge in [0.05, 0.1) is 17.4 Å². The molecule has 1 fully saturated rings. The van der Waals surface area contributed by atoms with Crippen LogP contribution < -0.4 is 10.1 Å². The number of piperidine rings is 1. The molecular formula is C21H26N2O4S. The van der Waals surface area contributed by atoms with Crippen LogP contribution in [0, 0.1) is 5.92 Å². The van der Waals surface area contributed by atoms with Crippen molar-refractivity contribution in [2.45, 2.75) is 31.2 Å². The van der Waals surface area contributed by atoms with E-state index in [1.165, 1.54) is 4.31 Å². The molecule has 1 heterocycles. The van der Waals surface area contributed by atoms with Crippen molar-refractivity contribution in [1.29, 1.82) is 0 Å². The van der Waals surface area contributed by atoms with Crippen LogP contribution in [0.3, 0.4) is 0 Å². The predicted octanol–water partition coefficient (Wildman–Crippen LogP) is 2.80. The summed E-state index contributed by atoms with van der Waals surface area (Å²) >= 11 is 0. The van der Waals surface area contributed by atoms with Crippen LogP contribution in [0.1, 0.15) is 25.3 Å². The highest BCUT2D eigenvalue weighted by molar-refractivity contribution is 7.89. The third kappa shape index (κ3) is 4.72. The zero-order valence-electron chi connectivity index (χ0n) is 16.0. The number of ether oxygens (including phenoxy) is 1. The summed E-state index contributed by atoms with van der Waals surface area (Å²) < 4.78 is 32.7. The Morgan fingerprint density at radius 2 is 1.86 bits per heavy atom. The van der Waals surface area contributed by atoms with Gasteiger partial charge in [0.15, 0.2) is 0 Å². The van der Waals surface area contributed by atoms with Crippen molar-refractivity contribution in [1.82, 2.24) is 9.62 Å². The highest BCUT2D eigenvalue weighted by atomic mass is 32.2. The SMILES string of the molecule is CCOc1ccccc1CNC(=O)C1CCCN(S(=O)(=O)c2ccccc2)C1. The zero-order valence-corrected chi connectivity index (χ0v) is 16.8. The van der Waals surface area contributed by atoms with Gasteiger partial charge in [-0.25, -0.2) is 8.42 Å². The minimum Gasteiger partial charge on any atom is -0.494 e. The Labute approximate surface area is 166 Å². The number of hydrogen-bond donors (Lipinski definition) is 1.